The molecule has 0 heterocycles. The van der Waals surface area contributed by atoms with Gasteiger partial charge in [0.1, 0.15) is 6.29 Å². The van der Waals surface area contributed by atoms with Gasteiger partial charge in [-0.2, -0.15) is 0 Å². The molecule has 22 heavy (non-hydrogen) atoms. The van der Waals surface area contributed by atoms with E-state index in [1.807, 2.05) is 39.0 Å². The van der Waals surface area contributed by atoms with Gasteiger partial charge in [-0.1, -0.05) is 49.8 Å². The number of carbonyl (C=O) groups excluding carboxylic acids is 1. The van der Waals surface area contributed by atoms with E-state index in [-0.39, 0.29) is 11.5 Å². The third kappa shape index (κ3) is 5.27. The Balaban J connectivity index is 2.88. The van der Waals surface area contributed by atoms with Crippen molar-refractivity contribution in [3.63, 3.8) is 0 Å². The molecule has 0 aromatic heterocycles. The highest BCUT2D eigenvalue weighted by atomic mass is 16.3. The van der Waals surface area contributed by atoms with E-state index in [4.69, 9.17) is 0 Å². The standard InChI is InChI=1S/C20H28O2/c1-15(7-6-8-16(2)12-14-21)9-10-18-17(3)19(22)11-13-20(18,4)5/h6-10,12,14,19,22H,11,13H2,1-5H3/b8-6+,10-9+,15-7+,16-12+. The van der Waals surface area contributed by atoms with Gasteiger partial charge in [0, 0.05) is 0 Å². The molecule has 1 aliphatic rings. The fraction of sp³-hybridized carbons (Fsp3) is 0.450. The van der Waals surface area contributed by atoms with Crippen molar-refractivity contribution < 1.29 is 9.90 Å². The van der Waals surface area contributed by atoms with Crippen molar-refractivity contribution in [3.8, 4) is 0 Å². The monoisotopic (exact) mass is 300 g/mol. The Morgan fingerprint density at radius 1 is 1.18 bits per heavy atom. The number of aliphatic hydroxyl groups is 1. The van der Waals surface area contributed by atoms with Crippen LogP contribution in [0.3, 0.4) is 0 Å². The summed E-state index contributed by atoms with van der Waals surface area (Å²) in [4.78, 5) is 10.3. The van der Waals surface area contributed by atoms with Gasteiger partial charge in [-0.3, -0.25) is 4.79 Å². The second-order valence-electron chi connectivity index (χ2n) is 6.68. The summed E-state index contributed by atoms with van der Waals surface area (Å²) >= 11 is 0. The van der Waals surface area contributed by atoms with Crippen LogP contribution >= 0.6 is 0 Å². The van der Waals surface area contributed by atoms with Crippen LogP contribution in [-0.2, 0) is 4.79 Å². The van der Waals surface area contributed by atoms with Crippen LogP contribution in [0.1, 0.15) is 47.5 Å². The molecule has 1 unspecified atom stereocenters. The second kappa shape index (κ2) is 8.09. The Morgan fingerprint density at radius 3 is 2.45 bits per heavy atom. The Hall–Kier alpha value is -1.67. The molecule has 0 radical (unpaired) electrons. The van der Waals surface area contributed by atoms with Gasteiger partial charge in [0.05, 0.1) is 6.10 Å². The molecule has 0 fully saturated rings. The van der Waals surface area contributed by atoms with E-state index in [9.17, 15) is 9.90 Å². The second-order valence-corrected chi connectivity index (χ2v) is 6.68. The first kappa shape index (κ1) is 18.4. The Morgan fingerprint density at radius 2 is 1.82 bits per heavy atom. The molecule has 0 aromatic carbocycles. The van der Waals surface area contributed by atoms with Crippen molar-refractivity contribution in [2.75, 3.05) is 0 Å². The minimum atomic E-state index is -0.312. The molecule has 0 spiro atoms. The van der Waals surface area contributed by atoms with E-state index in [1.165, 1.54) is 11.6 Å². The number of aliphatic hydroxyl groups excluding tert-OH is 1. The van der Waals surface area contributed by atoms with Gasteiger partial charge < -0.3 is 5.11 Å². The highest BCUT2D eigenvalue weighted by molar-refractivity contribution is 5.66. The molecule has 0 aliphatic heterocycles. The van der Waals surface area contributed by atoms with E-state index in [0.717, 1.165) is 35.8 Å². The fourth-order valence-corrected chi connectivity index (χ4v) is 2.70. The summed E-state index contributed by atoms with van der Waals surface area (Å²) in [5, 5.41) is 10.0. The normalized spacial score (nSPS) is 23.6. The summed E-state index contributed by atoms with van der Waals surface area (Å²) in [6.45, 7) is 10.4. The van der Waals surface area contributed by atoms with Crippen LogP contribution in [0.25, 0.3) is 0 Å². The summed E-state index contributed by atoms with van der Waals surface area (Å²) in [5.41, 5.74) is 4.49. The molecular formula is C20H28O2. The van der Waals surface area contributed by atoms with Crippen molar-refractivity contribution in [1.82, 2.24) is 0 Å². The van der Waals surface area contributed by atoms with Crippen LogP contribution in [0.4, 0.5) is 0 Å². The predicted octanol–water partition coefficient (Wildman–Crippen LogP) is 4.69. The molecule has 0 saturated carbocycles. The molecule has 1 atom stereocenters. The molecule has 0 bridgehead atoms. The number of hydrogen-bond donors (Lipinski definition) is 1. The molecule has 0 amide bonds. The first-order valence-corrected chi connectivity index (χ1v) is 7.82. The topological polar surface area (TPSA) is 37.3 Å². The zero-order valence-electron chi connectivity index (χ0n) is 14.4. The number of hydrogen-bond acceptors (Lipinski definition) is 2. The molecular weight excluding hydrogens is 272 g/mol. The van der Waals surface area contributed by atoms with Gasteiger partial charge in [0.15, 0.2) is 0 Å². The van der Waals surface area contributed by atoms with Crippen LogP contribution in [0.5, 0.6) is 0 Å². The molecule has 2 heteroatoms. The zero-order valence-corrected chi connectivity index (χ0v) is 14.4. The van der Waals surface area contributed by atoms with Gasteiger partial charge >= 0.3 is 0 Å². The van der Waals surface area contributed by atoms with E-state index >= 15 is 0 Å². The van der Waals surface area contributed by atoms with Crippen LogP contribution in [-0.4, -0.2) is 17.5 Å². The van der Waals surface area contributed by atoms with Gasteiger partial charge in [0.25, 0.3) is 0 Å². The van der Waals surface area contributed by atoms with Gasteiger partial charge in [-0.15, -0.1) is 0 Å². The SMILES string of the molecule is CC1=C(/C=C/C(C)=C/C=C/C(C)=C/C=O)C(C)(C)CCC1O. The lowest BCUT2D eigenvalue weighted by molar-refractivity contribution is -0.104. The van der Waals surface area contributed by atoms with E-state index in [1.54, 1.807) is 0 Å². The maximum Gasteiger partial charge on any atom is 0.143 e. The van der Waals surface area contributed by atoms with Gasteiger partial charge in [-0.25, -0.2) is 0 Å². The summed E-state index contributed by atoms with van der Waals surface area (Å²) in [6.07, 6.45) is 13.9. The highest BCUT2D eigenvalue weighted by Gasteiger charge is 2.30. The van der Waals surface area contributed by atoms with Gasteiger partial charge in [0.2, 0.25) is 0 Å². The molecule has 1 N–H and O–H groups in total. The lowest BCUT2D eigenvalue weighted by Gasteiger charge is -2.35. The first-order chi connectivity index (χ1) is 10.3. The minimum Gasteiger partial charge on any atom is -0.389 e. The highest BCUT2D eigenvalue weighted by Crippen LogP contribution is 2.40. The van der Waals surface area contributed by atoms with Crippen molar-refractivity contribution in [2.24, 2.45) is 5.41 Å². The third-order valence-electron chi connectivity index (χ3n) is 4.26. The molecule has 1 aliphatic carbocycles. The lowest BCUT2D eigenvalue weighted by Crippen LogP contribution is -2.27. The summed E-state index contributed by atoms with van der Waals surface area (Å²) < 4.78 is 0. The van der Waals surface area contributed by atoms with Crippen molar-refractivity contribution in [2.45, 2.75) is 53.6 Å². The predicted molar refractivity (Wildman–Crippen MR) is 93.6 cm³/mol. The quantitative estimate of drug-likeness (QED) is 0.454. The lowest BCUT2D eigenvalue weighted by atomic mass is 9.71. The Bertz CT molecular complexity index is 554. The summed E-state index contributed by atoms with van der Waals surface area (Å²) in [6, 6.07) is 0. The average molecular weight is 300 g/mol. The maximum atomic E-state index is 10.3. The van der Waals surface area contributed by atoms with E-state index in [2.05, 4.69) is 26.0 Å². The molecule has 0 aromatic rings. The molecule has 1 rings (SSSR count). The Kier molecular flexibility index (Phi) is 6.76. The third-order valence-corrected chi connectivity index (χ3v) is 4.26. The van der Waals surface area contributed by atoms with Crippen LogP contribution < -0.4 is 0 Å². The smallest absolute Gasteiger partial charge is 0.143 e. The Labute approximate surface area is 134 Å². The van der Waals surface area contributed by atoms with E-state index in [0.29, 0.717) is 0 Å². The fourth-order valence-electron chi connectivity index (χ4n) is 2.70. The van der Waals surface area contributed by atoms with Gasteiger partial charge in [-0.05, 0) is 61.8 Å². The average Bonchev–Trinajstić information content (AvgIpc) is 2.43. The number of rotatable bonds is 5. The molecule has 120 valence electrons. The van der Waals surface area contributed by atoms with Crippen molar-refractivity contribution in [1.29, 1.82) is 0 Å². The van der Waals surface area contributed by atoms with Crippen molar-refractivity contribution in [3.05, 3.63) is 58.7 Å². The van der Waals surface area contributed by atoms with Crippen LogP contribution in [0.15, 0.2) is 58.7 Å². The van der Waals surface area contributed by atoms with Crippen LogP contribution in [0.2, 0.25) is 0 Å². The minimum absolute atomic E-state index is 0.110. The van der Waals surface area contributed by atoms with Crippen LogP contribution in [0, 0.1) is 5.41 Å². The maximum absolute atomic E-state index is 10.3. The summed E-state index contributed by atoms with van der Waals surface area (Å²) in [5.74, 6) is 0. The largest absolute Gasteiger partial charge is 0.389 e. The number of aldehydes is 1. The first-order valence-electron chi connectivity index (χ1n) is 7.82. The summed E-state index contributed by atoms with van der Waals surface area (Å²) in [7, 11) is 0. The van der Waals surface area contributed by atoms with E-state index < -0.39 is 0 Å². The zero-order chi connectivity index (χ0) is 16.8. The molecule has 0 saturated heterocycles. The molecule has 2 nitrogen and oxygen atoms in total. The van der Waals surface area contributed by atoms with Crippen molar-refractivity contribution >= 4 is 6.29 Å². The number of carbonyl (C=O) groups is 1. The number of allylic oxidation sites excluding steroid dienone is 9.